The standard InChI is InChI=1S/C14H12BrN5O4S/c1-9(14-17-16-13-4-2-3-7-19(13)14)18-25(23,24)12-8-10(15)5-6-11(12)20(21)22/h2-9,18H,1H3. The SMILES string of the molecule is CC(NS(=O)(=O)c1cc(Br)ccc1[N+](=O)[O-])c1nnc2ccccn12. The first-order chi connectivity index (χ1) is 11.8. The number of nitro groups is 1. The number of rotatable bonds is 5. The molecule has 0 aliphatic heterocycles. The van der Waals surface area contributed by atoms with Crippen LogP contribution in [0.25, 0.3) is 5.65 Å². The molecular formula is C14H12BrN5O4S. The Morgan fingerprint density at radius 3 is 2.76 bits per heavy atom. The minimum absolute atomic E-state index is 0.372. The Hall–Kier alpha value is -2.37. The van der Waals surface area contributed by atoms with Crippen LogP contribution in [0.3, 0.4) is 0 Å². The zero-order valence-electron chi connectivity index (χ0n) is 12.8. The van der Waals surface area contributed by atoms with Crippen molar-refractivity contribution in [2.75, 3.05) is 0 Å². The number of nitrogens with zero attached hydrogens (tertiary/aromatic N) is 4. The molecule has 1 atom stereocenters. The lowest BCUT2D eigenvalue weighted by Gasteiger charge is -2.13. The van der Waals surface area contributed by atoms with Crippen LogP contribution in [0.1, 0.15) is 18.8 Å². The second-order valence-electron chi connectivity index (χ2n) is 5.20. The van der Waals surface area contributed by atoms with Crippen molar-refractivity contribution in [3.63, 3.8) is 0 Å². The van der Waals surface area contributed by atoms with Crippen LogP contribution >= 0.6 is 15.9 Å². The summed E-state index contributed by atoms with van der Waals surface area (Å²) < 4.78 is 29.8. The van der Waals surface area contributed by atoms with Gasteiger partial charge in [-0.05, 0) is 31.2 Å². The topological polar surface area (TPSA) is 120 Å². The largest absolute Gasteiger partial charge is 0.289 e. The molecule has 0 aliphatic rings. The molecule has 3 rings (SSSR count). The maximum absolute atomic E-state index is 12.7. The van der Waals surface area contributed by atoms with Crippen molar-refractivity contribution < 1.29 is 13.3 Å². The van der Waals surface area contributed by atoms with E-state index in [4.69, 9.17) is 0 Å². The number of pyridine rings is 1. The Morgan fingerprint density at radius 1 is 1.28 bits per heavy atom. The van der Waals surface area contributed by atoms with Gasteiger partial charge >= 0.3 is 0 Å². The molecule has 25 heavy (non-hydrogen) atoms. The summed E-state index contributed by atoms with van der Waals surface area (Å²) in [5.74, 6) is 0.372. The van der Waals surface area contributed by atoms with Crippen molar-refractivity contribution in [1.82, 2.24) is 19.3 Å². The van der Waals surface area contributed by atoms with Crippen LogP contribution in [0, 0.1) is 10.1 Å². The molecule has 2 heterocycles. The molecule has 0 spiro atoms. The van der Waals surface area contributed by atoms with E-state index >= 15 is 0 Å². The van der Waals surface area contributed by atoms with Crippen LogP contribution in [-0.4, -0.2) is 27.9 Å². The number of benzene rings is 1. The fourth-order valence-corrected chi connectivity index (χ4v) is 4.27. The second kappa shape index (κ2) is 6.50. The smallest absolute Gasteiger partial charge is 0.285 e. The summed E-state index contributed by atoms with van der Waals surface area (Å²) in [5, 5.41) is 19.1. The molecule has 0 amide bonds. The van der Waals surface area contributed by atoms with Crippen LogP contribution in [0.4, 0.5) is 5.69 Å². The van der Waals surface area contributed by atoms with Gasteiger partial charge in [0, 0.05) is 16.7 Å². The molecule has 0 radical (unpaired) electrons. The van der Waals surface area contributed by atoms with Gasteiger partial charge in [0.1, 0.15) is 0 Å². The average molecular weight is 426 g/mol. The maximum atomic E-state index is 12.7. The molecule has 9 nitrogen and oxygen atoms in total. The van der Waals surface area contributed by atoms with Crippen LogP contribution in [0.15, 0.2) is 52.0 Å². The van der Waals surface area contributed by atoms with Gasteiger partial charge in [0.05, 0.1) is 11.0 Å². The molecule has 1 unspecified atom stereocenters. The molecule has 0 saturated carbocycles. The molecule has 1 aromatic carbocycles. The number of aromatic nitrogens is 3. The van der Waals surface area contributed by atoms with Crippen LogP contribution in [-0.2, 0) is 10.0 Å². The van der Waals surface area contributed by atoms with E-state index < -0.39 is 31.6 Å². The Morgan fingerprint density at radius 2 is 2.04 bits per heavy atom. The Labute approximate surface area is 151 Å². The van der Waals surface area contributed by atoms with Crippen molar-refractivity contribution in [1.29, 1.82) is 0 Å². The van der Waals surface area contributed by atoms with Gasteiger partial charge in [0.15, 0.2) is 16.4 Å². The molecule has 1 N–H and O–H groups in total. The lowest BCUT2D eigenvalue weighted by Crippen LogP contribution is -2.28. The zero-order valence-corrected chi connectivity index (χ0v) is 15.2. The van der Waals surface area contributed by atoms with E-state index in [0.717, 1.165) is 6.07 Å². The van der Waals surface area contributed by atoms with E-state index in [1.54, 1.807) is 35.7 Å². The highest BCUT2D eigenvalue weighted by Gasteiger charge is 2.29. The fourth-order valence-electron chi connectivity index (χ4n) is 2.36. The summed E-state index contributed by atoms with van der Waals surface area (Å²) in [5.41, 5.74) is 0.0611. The van der Waals surface area contributed by atoms with Crippen LogP contribution in [0.5, 0.6) is 0 Å². The van der Waals surface area contributed by atoms with Crippen molar-refractivity contribution in [3.8, 4) is 0 Å². The van der Waals surface area contributed by atoms with Gasteiger partial charge in [0.25, 0.3) is 5.69 Å². The quantitative estimate of drug-likeness (QED) is 0.494. The van der Waals surface area contributed by atoms with Crippen molar-refractivity contribution in [2.24, 2.45) is 0 Å². The summed E-state index contributed by atoms with van der Waals surface area (Å²) in [7, 11) is -4.16. The summed E-state index contributed by atoms with van der Waals surface area (Å²) in [6, 6.07) is 8.27. The summed E-state index contributed by atoms with van der Waals surface area (Å²) in [4.78, 5) is 9.98. The molecule has 130 valence electrons. The second-order valence-corrected chi connectivity index (χ2v) is 7.80. The number of sulfonamides is 1. The first kappa shape index (κ1) is 17.5. The minimum atomic E-state index is -4.16. The van der Waals surface area contributed by atoms with E-state index in [1.165, 1.54) is 12.1 Å². The van der Waals surface area contributed by atoms with E-state index in [9.17, 15) is 18.5 Å². The highest BCUT2D eigenvalue weighted by Crippen LogP contribution is 2.28. The average Bonchev–Trinajstić information content (AvgIpc) is 2.98. The van der Waals surface area contributed by atoms with E-state index in [2.05, 4.69) is 30.8 Å². The van der Waals surface area contributed by atoms with Gasteiger partial charge in [-0.3, -0.25) is 14.5 Å². The van der Waals surface area contributed by atoms with Crippen LogP contribution < -0.4 is 4.72 Å². The fraction of sp³-hybridized carbons (Fsp3) is 0.143. The summed E-state index contributed by atoms with van der Waals surface area (Å²) in [6.07, 6.45) is 1.71. The zero-order chi connectivity index (χ0) is 18.2. The van der Waals surface area contributed by atoms with Crippen molar-refractivity contribution in [2.45, 2.75) is 17.9 Å². The number of halogens is 1. The first-order valence-electron chi connectivity index (χ1n) is 7.05. The molecule has 11 heteroatoms. The number of hydrogen-bond acceptors (Lipinski definition) is 6. The lowest BCUT2D eigenvalue weighted by atomic mass is 10.3. The lowest BCUT2D eigenvalue weighted by molar-refractivity contribution is -0.387. The van der Waals surface area contributed by atoms with Gasteiger partial charge in [-0.1, -0.05) is 22.0 Å². The number of nitro benzene ring substituents is 1. The van der Waals surface area contributed by atoms with E-state index in [-0.39, 0.29) is 0 Å². The summed E-state index contributed by atoms with van der Waals surface area (Å²) >= 11 is 3.13. The molecule has 2 aromatic heterocycles. The molecular weight excluding hydrogens is 414 g/mol. The highest BCUT2D eigenvalue weighted by atomic mass is 79.9. The van der Waals surface area contributed by atoms with Gasteiger partial charge in [-0.15, -0.1) is 10.2 Å². The third-order valence-corrected chi connectivity index (χ3v) is 5.53. The third-order valence-electron chi connectivity index (χ3n) is 3.47. The van der Waals surface area contributed by atoms with Crippen molar-refractivity contribution in [3.05, 3.63) is 63.0 Å². The summed E-state index contributed by atoms with van der Waals surface area (Å²) in [6.45, 7) is 1.59. The van der Waals surface area contributed by atoms with Crippen molar-refractivity contribution >= 4 is 37.3 Å². The maximum Gasteiger partial charge on any atom is 0.289 e. The van der Waals surface area contributed by atoms with Gasteiger partial charge in [-0.25, -0.2) is 13.1 Å². The monoisotopic (exact) mass is 425 g/mol. The predicted octanol–water partition coefficient (Wildman–Crippen LogP) is 2.44. The Bertz CT molecular complexity index is 1070. The third kappa shape index (κ3) is 3.38. The molecule has 0 bridgehead atoms. The van der Waals surface area contributed by atoms with Crippen LogP contribution in [0.2, 0.25) is 0 Å². The molecule has 0 saturated heterocycles. The number of fused-ring (bicyclic) bond motifs is 1. The molecule has 0 aliphatic carbocycles. The van der Waals surface area contributed by atoms with E-state index in [0.29, 0.717) is 15.9 Å². The number of nitrogens with one attached hydrogen (secondary N) is 1. The van der Waals surface area contributed by atoms with Gasteiger partial charge in [-0.2, -0.15) is 0 Å². The van der Waals surface area contributed by atoms with Gasteiger partial charge < -0.3 is 0 Å². The molecule has 0 fully saturated rings. The highest BCUT2D eigenvalue weighted by molar-refractivity contribution is 9.10. The molecule has 3 aromatic rings. The normalized spacial score (nSPS) is 13.0. The minimum Gasteiger partial charge on any atom is -0.285 e. The Balaban J connectivity index is 1.99. The Kier molecular flexibility index (Phi) is 4.54. The first-order valence-corrected chi connectivity index (χ1v) is 9.33. The van der Waals surface area contributed by atoms with E-state index in [1.807, 2.05) is 0 Å². The number of hydrogen-bond donors (Lipinski definition) is 1. The predicted molar refractivity (Wildman–Crippen MR) is 92.5 cm³/mol. The van der Waals surface area contributed by atoms with Gasteiger partial charge in [0.2, 0.25) is 10.0 Å².